The van der Waals surface area contributed by atoms with Crippen molar-refractivity contribution in [3.05, 3.63) is 52.9 Å². The number of hydrogen-bond acceptors (Lipinski definition) is 6. The van der Waals surface area contributed by atoms with E-state index in [9.17, 15) is 14.7 Å². The second kappa shape index (κ2) is 6.38. The first-order valence-corrected chi connectivity index (χ1v) is 9.76. The molecule has 1 aliphatic heterocycles. The molecule has 2 heterocycles. The monoisotopic (exact) mass is 379 g/mol. The van der Waals surface area contributed by atoms with Crippen LogP contribution in [-0.4, -0.2) is 37.8 Å². The predicted molar refractivity (Wildman–Crippen MR) is 99.2 cm³/mol. The highest BCUT2D eigenvalue weighted by atomic mass is 16.5. The predicted octanol–water partition coefficient (Wildman–Crippen LogP) is 2.40. The number of fused-ring (bicyclic) bond motifs is 2. The average Bonchev–Trinajstić information content (AvgIpc) is 3.35. The lowest BCUT2D eigenvalue weighted by atomic mass is 9.83. The minimum Gasteiger partial charge on any atom is -0.487 e. The summed E-state index contributed by atoms with van der Waals surface area (Å²) in [5.41, 5.74) is 1.22. The summed E-state index contributed by atoms with van der Waals surface area (Å²) < 4.78 is 7.71. The van der Waals surface area contributed by atoms with Crippen LogP contribution in [0.2, 0.25) is 0 Å². The van der Waals surface area contributed by atoms with Gasteiger partial charge >= 0.3 is 0 Å². The van der Waals surface area contributed by atoms with Crippen molar-refractivity contribution in [2.75, 3.05) is 0 Å². The molecule has 7 nitrogen and oxygen atoms in total. The van der Waals surface area contributed by atoms with Crippen molar-refractivity contribution in [2.24, 2.45) is 0 Å². The fourth-order valence-corrected chi connectivity index (χ4v) is 4.46. The van der Waals surface area contributed by atoms with Gasteiger partial charge in [0.25, 0.3) is 0 Å². The fourth-order valence-electron chi connectivity index (χ4n) is 4.46. The number of hydrogen-bond donors (Lipinski definition) is 1. The van der Waals surface area contributed by atoms with E-state index in [-0.39, 0.29) is 6.10 Å². The fraction of sp³-hybridized carbons (Fsp3) is 0.429. The smallest absolute Gasteiger partial charge is 0.234 e. The van der Waals surface area contributed by atoms with E-state index in [4.69, 9.17) is 4.74 Å². The molecule has 7 heteroatoms. The number of nitrogens with zero attached hydrogens (tertiary/aromatic N) is 3. The number of aliphatic hydroxyl groups is 1. The Morgan fingerprint density at radius 2 is 1.86 bits per heavy atom. The van der Waals surface area contributed by atoms with Gasteiger partial charge in [-0.2, -0.15) is 0 Å². The molecule has 1 unspecified atom stereocenters. The van der Waals surface area contributed by atoms with E-state index in [1.54, 1.807) is 23.0 Å². The molecule has 1 atom stereocenters. The maximum atomic E-state index is 12.5. The molecule has 2 aromatic rings. The third kappa shape index (κ3) is 2.69. The Morgan fingerprint density at radius 1 is 1.11 bits per heavy atom. The maximum absolute atomic E-state index is 12.5. The number of carbonyl (C=O) groups excluding carboxylic acids is 2. The molecule has 3 aliphatic rings. The maximum Gasteiger partial charge on any atom is 0.234 e. The highest BCUT2D eigenvalue weighted by Gasteiger charge is 2.40. The molecule has 0 radical (unpaired) electrons. The third-order valence-corrected chi connectivity index (χ3v) is 5.97. The Kier molecular flexibility index (Phi) is 3.94. The van der Waals surface area contributed by atoms with Crippen LogP contribution < -0.4 is 0 Å². The van der Waals surface area contributed by atoms with Gasteiger partial charge in [-0.05, 0) is 12.8 Å². The zero-order valence-corrected chi connectivity index (χ0v) is 15.4. The average molecular weight is 379 g/mol. The minimum atomic E-state index is -0.897. The van der Waals surface area contributed by atoms with Gasteiger partial charge < -0.3 is 9.84 Å². The van der Waals surface area contributed by atoms with E-state index in [0.717, 1.165) is 19.3 Å². The first kappa shape index (κ1) is 17.3. The van der Waals surface area contributed by atoms with E-state index in [0.29, 0.717) is 54.0 Å². The van der Waals surface area contributed by atoms with Crippen molar-refractivity contribution in [3.63, 3.8) is 0 Å². The van der Waals surface area contributed by atoms with Crippen LogP contribution in [0.4, 0.5) is 0 Å². The Labute approximate surface area is 162 Å². The van der Waals surface area contributed by atoms with Crippen molar-refractivity contribution in [3.8, 4) is 0 Å². The van der Waals surface area contributed by atoms with Crippen LogP contribution in [0.25, 0.3) is 5.76 Å². The summed E-state index contributed by atoms with van der Waals surface area (Å²) >= 11 is 0. The SMILES string of the molecule is O=C1C(=O)c2ccccc2C2=C1CC(Cn1cc(C3(O)CCCCC3)nn1)O2. The summed E-state index contributed by atoms with van der Waals surface area (Å²) in [5.74, 6) is -0.440. The first-order valence-electron chi connectivity index (χ1n) is 9.76. The topological polar surface area (TPSA) is 94.3 Å². The van der Waals surface area contributed by atoms with Gasteiger partial charge in [-0.3, -0.25) is 9.59 Å². The van der Waals surface area contributed by atoms with Crippen molar-refractivity contribution < 1.29 is 19.4 Å². The summed E-state index contributed by atoms with van der Waals surface area (Å²) in [6.07, 6.45) is 6.36. The molecule has 2 aliphatic carbocycles. The Balaban J connectivity index is 1.35. The molecule has 144 valence electrons. The van der Waals surface area contributed by atoms with Gasteiger partial charge in [0.15, 0.2) is 0 Å². The second-order valence-electron chi connectivity index (χ2n) is 7.87. The number of ether oxygens (including phenoxy) is 1. The molecule has 0 bridgehead atoms. The Morgan fingerprint density at radius 3 is 2.64 bits per heavy atom. The quantitative estimate of drug-likeness (QED) is 0.823. The van der Waals surface area contributed by atoms with Gasteiger partial charge in [0.2, 0.25) is 11.6 Å². The number of carbonyl (C=O) groups is 2. The minimum absolute atomic E-state index is 0.302. The highest BCUT2D eigenvalue weighted by molar-refractivity contribution is 6.52. The van der Waals surface area contributed by atoms with Crippen LogP contribution in [-0.2, 0) is 21.7 Å². The summed E-state index contributed by atoms with van der Waals surface area (Å²) in [4.78, 5) is 24.8. The standard InChI is InChI=1S/C21H21N3O4/c25-18-14-6-2-3-7-15(14)20-16(19(18)26)10-13(28-20)11-24-12-17(22-23-24)21(27)8-4-1-5-9-21/h2-3,6-7,12-13,27H,1,4-5,8-11H2. The molecule has 1 fully saturated rings. The first-order chi connectivity index (χ1) is 13.5. The van der Waals surface area contributed by atoms with E-state index in [1.807, 2.05) is 12.1 Å². The molecule has 1 saturated carbocycles. The van der Waals surface area contributed by atoms with Crippen molar-refractivity contribution in [2.45, 2.75) is 56.8 Å². The number of aromatic nitrogens is 3. The van der Waals surface area contributed by atoms with Crippen LogP contribution in [0.3, 0.4) is 0 Å². The van der Waals surface area contributed by atoms with Crippen molar-refractivity contribution in [1.29, 1.82) is 0 Å². The normalized spacial score (nSPS) is 23.4. The number of rotatable bonds is 3. The van der Waals surface area contributed by atoms with Gasteiger partial charge in [0.05, 0.1) is 18.3 Å². The summed E-state index contributed by atoms with van der Waals surface area (Å²) in [6.45, 7) is 0.402. The van der Waals surface area contributed by atoms with Crippen LogP contribution in [0, 0.1) is 0 Å². The van der Waals surface area contributed by atoms with Gasteiger partial charge in [-0.1, -0.05) is 48.7 Å². The lowest BCUT2D eigenvalue weighted by molar-refractivity contribution is -0.112. The Bertz CT molecular complexity index is 1000. The molecule has 1 aromatic carbocycles. The van der Waals surface area contributed by atoms with Gasteiger partial charge in [-0.15, -0.1) is 5.10 Å². The third-order valence-electron chi connectivity index (χ3n) is 5.97. The molecule has 0 spiro atoms. The molecule has 1 aromatic heterocycles. The van der Waals surface area contributed by atoms with E-state index >= 15 is 0 Å². The molecule has 28 heavy (non-hydrogen) atoms. The summed E-state index contributed by atoms with van der Waals surface area (Å²) in [5, 5.41) is 19.2. The Hall–Kier alpha value is -2.80. The van der Waals surface area contributed by atoms with Crippen LogP contribution in [0.5, 0.6) is 0 Å². The highest BCUT2D eigenvalue weighted by Crippen LogP contribution is 2.39. The zero-order chi connectivity index (χ0) is 19.3. The van der Waals surface area contributed by atoms with Gasteiger partial charge in [-0.25, -0.2) is 4.68 Å². The lowest BCUT2D eigenvalue weighted by Crippen LogP contribution is -2.28. The van der Waals surface area contributed by atoms with E-state index in [2.05, 4.69) is 10.3 Å². The molecular formula is C21H21N3O4. The summed E-state index contributed by atoms with van der Waals surface area (Å²) in [6, 6.07) is 7.04. The molecule has 0 amide bonds. The molecule has 5 rings (SSSR count). The zero-order valence-electron chi connectivity index (χ0n) is 15.4. The van der Waals surface area contributed by atoms with Crippen LogP contribution >= 0.6 is 0 Å². The van der Waals surface area contributed by atoms with Crippen LogP contribution in [0.15, 0.2) is 36.0 Å². The number of ketones is 2. The molecule has 1 N–H and O–H groups in total. The number of Topliss-reactive ketones (excluding diaryl/α,β-unsaturated/α-hetero) is 2. The van der Waals surface area contributed by atoms with Crippen LogP contribution in [0.1, 0.15) is 60.1 Å². The van der Waals surface area contributed by atoms with Gasteiger partial charge in [0, 0.05) is 17.5 Å². The van der Waals surface area contributed by atoms with E-state index in [1.165, 1.54) is 0 Å². The van der Waals surface area contributed by atoms with Crippen molar-refractivity contribution >= 4 is 17.3 Å². The molecule has 0 saturated heterocycles. The number of benzene rings is 1. The lowest BCUT2D eigenvalue weighted by Gasteiger charge is -2.29. The summed E-state index contributed by atoms with van der Waals surface area (Å²) in [7, 11) is 0. The van der Waals surface area contributed by atoms with E-state index < -0.39 is 17.2 Å². The largest absolute Gasteiger partial charge is 0.487 e. The second-order valence-corrected chi connectivity index (χ2v) is 7.87. The molecular weight excluding hydrogens is 358 g/mol. The van der Waals surface area contributed by atoms with Gasteiger partial charge in [0.1, 0.15) is 23.2 Å². The van der Waals surface area contributed by atoms with Crippen molar-refractivity contribution in [1.82, 2.24) is 15.0 Å².